The van der Waals surface area contributed by atoms with E-state index >= 15 is 0 Å². The lowest BCUT2D eigenvalue weighted by Crippen LogP contribution is -2.54. The first-order valence-electron chi connectivity index (χ1n) is 7.73. The normalized spacial score (nSPS) is 22.0. The Hall–Kier alpha value is -2.02. The number of ether oxygens (including phenoxy) is 1. The molecule has 23 heavy (non-hydrogen) atoms. The van der Waals surface area contributed by atoms with Crippen molar-refractivity contribution in [2.24, 2.45) is 5.92 Å². The molecule has 128 valence electrons. The molecule has 0 unspecified atom stereocenters. The summed E-state index contributed by atoms with van der Waals surface area (Å²) >= 11 is 0. The molecule has 1 amide bonds. The molecule has 1 aromatic rings. The van der Waals surface area contributed by atoms with E-state index in [0.29, 0.717) is 19.5 Å². The van der Waals surface area contributed by atoms with Crippen molar-refractivity contribution in [2.75, 3.05) is 13.1 Å². The molecule has 0 radical (unpaired) electrons. The van der Waals surface area contributed by atoms with Crippen LogP contribution in [0.25, 0.3) is 0 Å². The number of carboxylic acids is 1. The third kappa shape index (κ3) is 4.99. The molecule has 2 atom stereocenters. The van der Waals surface area contributed by atoms with E-state index in [-0.39, 0.29) is 12.6 Å². The van der Waals surface area contributed by atoms with Crippen LogP contribution >= 0.6 is 0 Å². The van der Waals surface area contributed by atoms with Crippen molar-refractivity contribution in [3.05, 3.63) is 24.2 Å². The van der Waals surface area contributed by atoms with Gasteiger partial charge >= 0.3 is 12.1 Å². The van der Waals surface area contributed by atoms with Crippen molar-refractivity contribution in [1.82, 2.24) is 10.2 Å². The Kier molecular flexibility index (Phi) is 5.30. The Morgan fingerprint density at radius 1 is 1.48 bits per heavy atom. The summed E-state index contributed by atoms with van der Waals surface area (Å²) in [5, 5.41) is 12.7. The maximum absolute atomic E-state index is 12.1. The van der Waals surface area contributed by atoms with Gasteiger partial charge < -0.3 is 24.5 Å². The molecule has 1 aromatic heterocycles. The minimum Gasteiger partial charge on any atom is -0.481 e. The molecule has 0 bridgehead atoms. The van der Waals surface area contributed by atoms with Crippen molar-refractivity contribution in [2.45, 2.75) is 45.4 Å². The number of hydrogen-bond donors (Lipinski definition) is 2. The van der Waals surface area contributed by atoms with Gasteiger partial charge in [0.25, 0.3) is 0 Å². The van der Waals surface area contributed by atoms with Crippen molar-refractivity contribution < 1.29 is 23.8 Å². The van der Waals surface area contributed by atoms with Gasteiger partial charge in [0.05, 0.1) is 18.7 Å². The zero-order valence-corrected chi connectivity index (χ0v) is 13.7. The fourth-order valence-corrected chi connectivity index (χ4v) is 2.58. The first-order chi connectivity index (χ1) is 10.8. The second kappa shape index (κ2) is 7.04. The van der Waals surface area contributed by atoms with Crippen LogP contribution in [0.4, 0.5) is 4.79 Å². The van der Waals surface area contributed by atoms with Gasteiger partial charge in [-0.05, 0) is 39.3 Å². The topological polar surface area (TPSA) is 92.0 Å². The van der Waals surface area contributed by atoms with Crippen LogP contribution in [0, 0.1) is 5.92 Å². The molecule has 2 heterocycles. The van der Waals surface area contributed by atoms with E-state index < -0.39 is 23.6 Å². The van der Waals surface area contributed by atoms with Gasteiger partial charge in [-0.1, -0.05) is 0 Å². The van der Waals surface area contributed by atoms with Crippen LogP contribution in [0.5, 0.6) is 0 Å². The van der Waals surface area contributed by atoms with Crippen LogP contribution in [0.15, 0.2) is 22.8 Å². The van der Waals surface area contributed by atoms with Crippen LogP contribution < -0.4 is 5.32 Å². The van der Waals surface area contributed by atoms with Gasteiger partial charge in [-0.2, -0.15) is 0 Å². The molecule has 1 aliphatic heterocycles. The Bertz CT molecular complexity index is 535. The van der Waals surface area contributed by atoms with Crippen LogP contribution in [-0.2, 0) is 16.1 Å². The van der Waals surface area contributed by atoms with Crippen molar-refractivity contribution in [1.29, 1.82) is 0 Å². The molecule has 7 nitrogen and oxygen atoms in total. The van der Waals surface area contributed by atoms with Gasteiger partial charge in [-0.15, -0.1) is 0 Å². The van der Waals surface area contributed by atoms with E-state index in [2.05, 4.69) is 5.32 Å². The van der Waals surface area contributed by atoms with Crippen molar-refractivity contribution >= 4 is 12.1 Å². The Morgan fingerprint density at radius 2 is 2.22 bits per heavy atom. The number of likely N-dealkylation sites (tertiary alicyclic amines) is 1. The van der Waals surface area contributed by atoms with Gasteiger partial charge in [-0.3, -0.25) is 4.79 Å². The summed E-state index contributed by atoms with van der Waals surface area (Å²) < 4.78 is 10.6. The highest BCUT2D eigenvalue weighted by molar-refractivity contribution is 5.74. The first-order valence-corrected chi connectivity index (χ1v) is 7.73. The van der Waals surface area contributed by atoms with Crippen LogP contribution in [0.3, 0.4) is 0 Å². The summed E-state index contributed by atoms with van der Waals surface area (Å²) in [4.78, 5) is 25.1. The van der Waals surface area contributed by atoms with Gasteiger partial charge in [0, 0.05) is 19.1 Å². The minimum absolute atomic E-state index is 0.139. The summed E-state index contributed by atoms with van der Waals surface area (Å²) in [6.45, 7) is 6.44. The van der Waals surface area contributed by atoms with Crippen molar-refractivity contribution in [3.8, 4) is 0 Å². The van der Waals surface area contributed by atoms with E-state index in [0.717, 1.165) is 5.76 Å². The molecule has 2 rings (SSSR count). The number of nitrogens with zero attached hydrogens (tertiary/aromatic N) is 1. The summed E-state index contributed by atoms with van der Waals surface area (Å²) in [6.07, 6.45) is 1.67. The lowest BCUT2D eigenvalue weighted by Gasteiger charge is -2.37. The highest BCUT2D eigenvalue weighted by Gasteiger charge is 2.37. The lowest BCUT2D eigenvalue weighted by atomic mass is 9.92. The standard InChI is InChI=1S/C16H24N2O5/c1-16(2,3)23-15(21)18-7-6-13(12(10-18)14(19)20)17-9-11-5-4-8-22-11/h4-5,8,12-13,17H,6-7,9-10H2,1-3H3,(H,19,20)/t12-,13-/m0/s1. The number of nitrogens with one attached hydrogen (secondary N) is 1. The maximum atomic E-state index is 12.1. The zero-order valence-electron chi connectivity index (χ0n) is 13.7. The van der Waals surface area contributed by atoms with E-state index in [9.17, 15) is 14.7 Å². The second-order valence-electron chi connectivity index (χ2n) is 6.73. The summed E-state index contributed by atoms with van der Waals surface area (Å²) in [5.41, 5.74) is -0.593. The van der Waals surface area contributed by atoms with Crippen molar-refractivity contribution in [3.63, 3.8) is 0 Å². The maximum Gasteiger partial charge on any atom is 0.410 e. The number of carboxylic acid groups (broad SMARTS) is 1. The molecular weight excluding hydrogens is 300 g/mol. The van der Waals surface area contributed by atoms with Crippen LogP contribution in [0.1, 0.15) is 33.0 Å². The molecule has 0 saturated carbocycles. The van der Waals surface area contributed by atoms with E-state index in [1.807, 2.05) is 6.07 Å². The highest BCUT2D eigenvalue weighted by Crippen LogP contribution is 2.21. The molecule has 0 spiro atoms. The average molecular weight is 324 g/mol. The number of aliphatic carboxylic acids is 1. The monoisotopic (exact) mass is 324 g/mol. The number of rotatable bonds is 4. The smallest absolute Gasteiger partial charge is 0.410 e. The van der Waals surface area contributed by atoms with Gasteiger partial charge in [0.2, 0.25) is 0 Å². The SMILES string of the molecule is CC(C)(C)OC(=O)N1CC[C@H](NCc2ccco2)[C@@H](C(=O)O)C1. The minimum atomic E-state index is -0.921. The summed E-state index contributed by atoms with van der Waals surface area (Å²) in [7, 11) is 0. The molecule has 2 N–H and O–H groups in total. The largest absolute Gasteiger partial charge is 0.481 e. The molecular formula is C16H24N2O5. The number of piperidine rings is 1. The molecule has 1 saturated heterocycles. The predicted molar refractivity (Wildman–Crippen MR) is 82.9 cm³/mol. The third-order valence-electron chi connectivity index (χ3n) is 3.70. The van der Waals surface area contributed by atoms with Crippen LogP contribution in [-0.4, -0.2) is 46.8 Å². The van der Waals surface area contributed by atoms with E-state index in [1.165, 1.54) is 4.90 Å². The fraction of sp³-hybridized carbons (Fsp3) is 0.625. The van der Waals surface area contributed by atoms with Gasteiger partial charge in [0.15, 0.2) is 0 Å². The zero-order chi connectivity index (χ0) is 17.0. The number of furan rings is 1. The lowest BCUT2D eigenvalue weighted by molar-refractivity contribution is -0.144. The molecule has 0 aromatic carbocycles. The predicted octanol–water partition coefficient (Wildman–Crippen LogP) is 2.08. The van der Waals surface area contributed by atoms with Crippen LogP contribution in [0.2, 0.25) is 0 Å². The van der Waals surface area contributed by atoms with Gasteiger partial charge in [0.1, 0.15) is 11.4 Å². The number of carbonyl (C=O) groups is 2. The number of amides is 1. The van der Waals surface area contributed by atoms with Gasteiger partial charge in [-0.25, -0.2) is 4.79 Å². The number of hydrogen-bond acceptors (Lipinski definition) is 5. The Balaban J connectivity index is 1.94. The average Bonchev–Trinajstić information content (AvgIpc) is 2.96. The fourth-order valence-electron chi connectivity index (χ4n) is 2.58. The Labute approximate surface area is 135 Å². The van der Waals surface area contributed by atoms with E-state index in [1.54, 1.807) is 33.1 Å². The second-order valence-corrected chi connectivity index (χ2v) is 6.73. The molecule has 1 fully saturated rings. The Morgan fingerprint density at radius 3 is 2.78 bits per heavy atom. The highest BCUT2D eigenvalue weighted by atomic mass is 16.6. The summed E-state index contributed by atoms with van der Waals surface area (Å²) in [5.74, 6) is -0.842. The molecule has 1 aliphatic rings. The third-order valence-corrected chi connectivity index (χ3v) is 3.70. The summed E-state index contributed by atoms with van der Waals surface area (Å²) in [6, 6.07) is 3.41. The molecule has 0 aliphatic carbocycles. The number of carbonyl (C=O) groups excluding carboxylic acids is 1. The first kappa shape index (κ1) is 17.3. The molecule has 7 heteroatoms. The van der Waals surface area contributed by atoms with E-state index in [4.69, 9.17) is 9.15 Å². The quantitative estimate of drug-likeness (QED) is 0.881.